The standard InChI is InChI=1S/C13H19N3O2S/c14-19(17,18)12-3-1-2-11(8-12)15-13-5-7-16-6-4-10(13)9-16/h1-3,8,10,13,15H,4-7,9H2,(H2,14,17,18). The minimum atomic E-state index is -3.63. The molecule has 1 aromatic rings. The second-order valence-electron chi connectivity index (χ2n) is 5.46. The fourth-order valence-corrected chi connectivity index (χ4v) is 3.68. The van der Waals surface area contributed by atoms with Gasteiger partial charge in [-0.2, -0.15) is 0 Å². The van der Waals surface area contributed by atoms with Crippen molar-refractivity contribution in [2.45, 2.75) is 23.8 Å². The number of fused-ring (bicyclic) bond motifs is 2. The maximum Gasteiger partial charge on any atom is 0.238 e. The summed E-state index contributed by atoms with van der Waals surface area (Å²) in [5.41, 5.74) is 0.844. The second kappa shape index (κ2) is 4.77. The van der Waals surface area contributed by atoms with Crippen molar-refractivity contribution in [3.05, 3.63) is 24.3 Å². The van der Waals surface area contributed by atoms with Crippen LogP contribution in [0.15, 0.2) is 29.2 Å². The lowest BCUT2D eigenvalue weighted by Gasteiger charge is -2.31. The highest BCUT2D eigenvalue weighted by Crippen LogP contribution is 2.29. The third kappa shape index (κ3) is 2.75. The summed E-state index contributed by atoms with van der Waals surface area (Å²) in [6, 6.07) is 7.21. The Morgan fingerprint density at radius 1 is 1.26 bits per heavy atom. The van der Waals surface area contributed by atoms with E-state index in [0.717, 1.165) is 25.2 Å². The third-order valence-corrected chi connectivity index (χ3v) is 5.06. The summed E-state index contributed by atoms with van der Waals surface area (Å²) in [6.07, 6.45) is 2.34. The van der Waals surface area contributed by atoms with Gasteiger partial charge in [0.25, 0.3) is 0 Å². The summed E-state index contributed by atoms with van der Waals surface area (Å²) < 4.78 is 22.7. The van der Waals surface area contributed by atoms with Crippen LogP contribution >= 0.6 is 0 Å². The van der Waals surface area contributed by atoms with Crippen LogP contribution in [0.1, 0.15) is 12.8 Å². The quantitative estimate of drug-likeness (QED) is 0.861. The molecule has 5 nitrogen and oxygen atoms in total. The molecule has 104 valence electrons. The van der Waals surface area contributed by atoms with Crippen molar-refractivity contribution in [2.75, 3.05) is 25.0 Å². The second-order valence-corrected chi connectivity index (χ2v) is 7.02. The first-order chi connectivity index (χ1) is 9.02. The number of rotatable bonds is 3. The van der Waals surface area contributed by atoms with Gasteiger partial charge < -0.3 is 10.2 Å². The molecule has 0 aromatic heterocycles. The molecule has 2 bridgehead atoms. The van der Waals surface area contributed by atoms with Crippen molar-refractivity contribution in [1.82, 2.24) is 4.90 Å². The summed E-state index contributed by atoms with van der Waals surface area (Å²) >= 11 is 0. The largest absolute Gasteiger partial charge is 0.382 e. The molecule has 2 fully saturated rings. The zero-order valence-corrected chi connectivity index (χ0v) is 11.6. The molecule has 0 radical (unpaired) electrons. The average molecular weight is 281 g/mol. The molecule has 3 rings (SSSR count). The van der Waals surface area contributed by atoms with Gasteiger partial charge in [-0.05, 0) is 43.5 Å². The number of nitrogens with one attached hydrogen (secondary N) is 1. The molecule has 6 heteroatoms. The summed E-state index contributed by atoms with van der Waals surface area (Å²) in [5.74, 6) is 0.673. The van der Waals surface area contributed by atoms with Crippen LogP contribution in [-0.2, 0) is 10.0 Å². The van der Waals surface area contributed by atoms with Crippen molar-refractivity contribution >= 4 is 15.7 Å². The number of benzene rings is 1. The molecule has 0 amide bonds. The number of primary sulfonamides is 1. The Kier molecular flexibility index (Phi) is 3.24. The minimum Gasteiger partial charge on any atom is -0.382 e. The van der Waals surface area contributed by atoms with Crippen LogP contribution < -0.4 is 10.5 Å². The molecular weight excluding hydrogens is 262 g/mol. The maximum absolute atomic E-state index is 11.3. The Hall–Kier alpha value is -1.11. The van der Waals surface area contributed by atoms with Crippen molar-refractivity contribution in [3.63, 3.8) is 0 Å². The van der Waals surface area contributed by atoms with Crippen LogP contribution in [0.3, 0.4) is 0 Å². The van der Waals surface area contributed by atoms with Gasteiger partial charge in [-0.15, -0.1) is 0 Å². The molecule has 2 aliphatic heterocycles. The Balaban J connectivity index is 1.76. The number of hydrogen-bond acceptors (Lipinski definition) is 4. The third-order valence-electron chi connectivity index (χ3n) is 4.15. The number of anilines is 1. The molecule has 19 heavy (non-hydrogen) atoms. The van der Waals surface area contributed by atoms with Gasteiger partial charge in [0, 0.05) is 24.8 Å². The van der Waals surface area contributed by atoms with E-state index in [1.807, 2.05) is 6.07 Å². The Morgan fingerprint density at radius 2 is 2.05 bits per heavy atom. The zero-order chi connectivity index (χ0) is 13.5. The lowest BCUT2D eigenvalue weighted by Crippen LogP contribution is -2.39. The predicted octanol–water partition coefficient (Wildman–Crippen LogP) is 0.840. The molecule has 2 aliphatic rings. The minimum absolute atomic E-state index is 0.168. The maximum atomic E-state index is 11.3. The first kappa shape index (κ1) is 12.9. The average Bonchev–Trinajstić information content (AvgIpc) is 2.75. The monoisotopic (exact) mass is 281 g/mol. The topological polar surface area (TPSA) is 75.4 Å². The lowest BCUT2D eigenvalue weighted by atomic mass is 9.94. The van der Waals surface area contributed by atoms with Crippen LogP contribution in [0.25, 0.3) is 0 Å². The van der Waals surface area contributed by atoms with E-state index in [0.29, 0.717) is 12.0 Å². The van der Waals surface area contributed by atoms with Crippen molar-refractivity contribution in [3.8, 4) is 0 Å². The van der Waals surface area contributed by atoms with Gasteiger partial charge in [0.2, 0.25) is 10.0 Å². The van der Waals surface area contributed by atoms with E-state index < -0.39 is 10.0 Å². The van der Waals surface area contributed by atoms with E-state index in [9.17, 15) is 8.42 Å². The number of nitrogens with two attached hydrogens (primary N) is 1. The highest BCUT2D eigenvalue weighted by Gasteiger charge is 2.34. The zero-order valence-electron chi connectivity index (χ0n) is 10.7. The first-order valence-electron chi connectivity index (χ1n) is 6.64. The van der Waals surface area contributed by atoms with E-state index in [2.05, 4.69) is 10.2 Å². The van der Waals surface area contributed by atoms with Crippen molar-refractivity contribution < 1.29 is 8.42 Å². The van der Waals surface area contributed by atoms with Crippen LogP contribution in [0.4, 0.5) is 5.69 Å². The van der Waals surface area contributed by atoms with E-state index in [1.165, 1.54) is 19.0 Å². The molecule has 3 atom stereocenters. The Morgan fingerprint density at radius 3 is 2.84 bits per heavy atom. The van der Waals surface area contributed by atoms with Crippen LogP contribution in [0.5, 0.6) is 0 Å². The fraction of sp³-hybridized carbons (Fsp3) is 0.538. The van der Waals surface area contributed by atoms with Gasteiger partial charge >= 0.3 is 0 Å². The summed E-state index contributed by atoms with van der Waals surface area (Å²) in [5, 5.41) is 8.63. The number of sulfonamides is 1. The van der Waals surface area contributed by atoms with Crippen molar-refractivity contribution in [1.29, 1.82) is 0 Å². The summed E-state index contributed by atoms with van der Waals surface area (Å²) in [4.78, 5) is 2.66. The van der Waals surface area contributed by atoms with Gasteiger partial charge in [-0.1, -0.05) is 6.07 Å². The Labute approximate surface area is 113 Å². The first-order valence-corrected chi connectivity index (χ1v) is 8.19. The molecule has 1 aromatic carbocycles. The normalized spacial score (nSPS) is 30.3. The number of hydrogen-bond donors (Lipinski definition) is 2. The molecule has 3 unspecified atom stereocenters. The van der Waals surface area contributed by atoms with Crippen LogP contribution in [0, 0.1) is 5.92 Å². The van der Waals surface area contributed by atoms with Gasteiger partial charge in [-0.3, -0.25) is 0 Å². The van der Waals surface area contributed by atoms with Crippen LogP contribution in [-0.4, -0.2) is 39.0 Å². The fourth-order valence-electron chi connectivity index (χ4n) is 3.12. The molecule has 0 saturated carbocycles. The predicted molar refractivity (Wildman–Crippen MR) is 74.4 cm³/mol. The van der Waals surface area contributed by atoms with Crippen molar-refractivity contribution in [2.24, 2.45) is 11.1 Å². The van der Waals surface area contributed by atoms with E-state index in [-0.39, 0.29) is 4.90 Å². The van der Waals surface area contributed by atoms with Gasteiger partial charge in [0.15, 0.2) is 0 Å². The Bertz CT molecular complexity index is 573. The molecule has 0 spiro atoms. The van der Waals surface area contributed by atoms with E-state index in [1.54, 1.807) is 12.1 Å². The summed E-state index contributed by atoms with van der Waals surface area (Å²) in [7, 11) is -3.63. The highest BCUT2D eigenvalue weighted by molar-refractivity contribution is 7.89. The molecule has 2 heterocycles. The lowest BCUT2D eigenvalue weighted by molar-refractivity contribution is 0.255. The van der Waals surface area contributed by atoms with Crippen LogP contribution in [0.2, 0.25) is 0 Å². The molecule has 0 aliphatic carbocycles. The van der Waals surface area contributed by atoms with Gasteiger partial charge in [0.1, 0.15) is 0 Å². The van der Waals surface area contributed by atoms with Gasteiger partial charge in [-0.25, -0.2) is 13.6 Å². The molecule has 3 N–H and O–H groups in total. The number of piperidine rings is 1. The highest BCUT2D eigenvalue weighted by atomic mass is 32.2. The SMILES string of the molecule is NS(=O)(=O)c1cccc(NC2CCN3CCC2C3)c1. The van der Waals surface area contributed by atoms with E-state index >= 15 is 0 Å². The molecular formula is C13H19N3O2S. The van der Waals surface area contributed by atoms with Gasteiger partial charge in [0.05, 0.1) is 4.90 Å². The van der Waals surface area contributed by atoms with E-state index in [4.69, 9.17) is 5.14 Å². The summed E-state index contributed by atoms with van der Waals surface area (Å²) in [6.45, 7) is 3.48. The smallest absolute Gasteiger partial charge is 0.238 e. The number of nitrogens with zero attached hydrogens (tertiary/aromatic N) is 1. The molecule has 2 saturated heterocycles.